The van der Waals surface area contributed by atoms with Gasteiger partial charge in [0.2, 0.25) is 5.95 Å². The monoisotopic (exact) mass is 312 g/mol. The van der Waals surface area contributed by atoms with Gasteiger partial charge in [0.15, 0.2) is 0 Å². The molecule has 1 amide bonds. The predicted molar refractivity (Wildman–Crippen MR) is 90.9 cm³/mol. The predicted octanol–water partition coefficient (Wildman–Crippen LogP) is 3.11. The van der Waals surface area contributed by atoms with Gasteiger partial charge >= 0.3 is 0 Å². The van der Waals surface area contributed by atoms with E-state index in [4.69, 9.17) is 4.74 Å². The first-order valence-electron chi connectivity index (χ1n) is 7.34. The molecular formula is C17H20N4O2. The molecular weight excluding hydrogens is 292 g/mol. The molecule has 120 valence electrons. The molecule has 0 radical (unpaired) electrons. The number of amides is 1. The third-order valence-corrected chi connectivity index (χ3v) is 2.82. The van der Waals surface area contributed by atoms with Crippen molar-refractivity contribution in [3.05, 3.63) is 54.9 Å². The van der Waals surface area contributed by atoms with Gasteiger partial charge in [0, 0.05) is 18.9 Å². The number of hydrogen-bond donors (Lipinski definition) is 2. The van der Waals surface area contributed by atoms with E-state index < -0.39 is 0 Å². The van der Waals surface area contributed by atoms with E-state index in [0.29, 0.717) is 29.5 Å². The fraction of sp³-hybridized carbons (Fsp3) is 0.235. The van der Waals surface area contributed by atoms with Crippen molar-refractivity contribution in [2.24, 2.45) is 0 Å². The minimum atomic E-state index is -0.292. The first-order chi connectivity index (χ1) is 11.1. The van der Waals surface area contributed by atoms with Crippen LogP contribution in [0.5, 0.6) is 5.75 Å². The van der Waals surface area contributed by atoms with Crippen molar-refractivity contribution in [3.63, 3.8) is 0 Å². The second-order valence-corrected chi connectivity index (χ2v) is 5.08. The van der Waals surface area contributed by atoms with Crippen LogP contribution in [-0.2, 0) is 0 Å². The van der Waals surface area contributed by atoms with E-state index in [1.54, 1.807) is 12.1 Å². The summed E-state index contributed by atoms with van der Waals surface area (Å²) in [5.74, 6) is 0.783. The quantitative estimate of drug-likeness (QED) is 0.768. The molecule has 0 atom stereocenters. The van der Waals surface area contributed by atoms with Crippen molar-refractivity contribution in [1.82, 2.24) is 9.97 Å². The van der Waals surface area contributed by atoms with Crippen molar-refractivity contribution in [2.45, 2.75) is 20.0 Å². The zero-order chi connectivity index (χ0) is 16.7. The van der Waals surface area contributed by atoms with Gasteiger partial charge in [-0.05, 0) is 26.0 Å². The van der Waals surface area contributed by atoms with E-state index in [1.165, 1.54) is 12.4 Å². The zero-order valence-electron chi connectivity index (χ0n) is 13.2. The van der Waals surface area contributed by atoms with Crippen LogP contribution in [0, 0.1) is 0 Å². The molecule has 0 spiro atoms. The Morgan fingerprint density at radius 1 is 1.30 bits per heavy atom. The van der Waals surface area contributed by atoms with Crippen LogP contribution in [0.4, 0.5) is 11.6 Å². The number of nitrogens with one attached hydrogen (secondary N) is 2. The van der Waals surface area contributed by atoms with Gasteiger partial charge in [0.05, 0.1) is 17.4 Å². The van der Waals surface area contributed by atoms with Crippen LogP contribution in [0.3, 0.4) is 0 Å². The van der Waals surface area contributed by atoms with Crippen LogP contribution in [0.15, 0.2) is 49.3 Å². The van der Waals surface area contributed by atoms with E-state index >= 15 is 0 Å². The van der Waals surface area contributed by atoms with Crippen molar-refractivity contribution < 1.29 is 9.53 Å². The highest BCUT2D eigenvalue weighted by atomic mass is 16.5. The van der Waals surface area contributed by atoms with E-state index in [1.807, 2.05) is 32.0 Å². The Labute approximate surface area is 135 Å². The normalized spacial score (nSPS) is 10.2. The topological polar surface area (TPSA) is 76.1 Å². The molecule has 0 unspecified atom stereocenters. The fourth-order valence-electron chi connectivity index (χ4n) is 1.82. The average molecular weight is 312 g/mol. The maximum absolute atomic E-state index is 12.3. The average Bonchev–Trinajstić information content (AvgIpc) is 2.54. The lowest BCUT2D eigenvalue weighted by Crippen LogP contribution is -2.15. The van der Waals surface area contributed by atoms with Gasteiger partial charge in [0.25, 0.3) is 5.91 Å². The summed E-state index contributed by atoms with van der Waals surface area (Å²) < 4.78 is 5.68. The summed E-state index contributed by atoms with van der Waals surface area (Å²) in [6.07, 6.45) is 4.67. The van der Waals surface area contributed by atoms with Crippen molar-refractivity contribution in [2.75, 3.05) is 17.2 Å². The van der Waals surface area contributed by atoms with Crippen LogP contribution in [-0.4, -0.2) is 28.5 Å². The Morgan fingerprint density at radius 3 is 2.65 bits per heavy atom. The van der Waals surface area contributed by atoms with Gasteiger partial charge in [-0.2, -0.15) is 0 Å². The molecule has 0 aliphatic carbocycles. The van der Waals surface area contributed by atoms with Gasteiger partial charge in [-0.25, -0.2) is 9.97 Å². The molecule has 2 aromatic rings. The van der Waals surface area contributed by atoms with Gasteiger partial charge in [-0.15, -0.1) is 6.58 Å². The second-order valence-electron chi connectivity index (χ2n) is 5.08. The molecule has 1 aromatic heterocycles. The van der Waals surface area contributed by atoms with Crippen molar-refractivity contribution in [1.29, 1.82) is 0 Å². The molecule has 6 nitrogen and oxygen atoms in total. The molecule has 2 rings (SSSR count). The number of rotatable bonds is 7. The number of hydrogen-bond acceptors (Lipinski definition) is 5. The van der Waals surface area contributed by atoms with Crippen LogP contribution in [0.1, 0.15) is 24.2 Å². The number of benzene rings is 1. The first kappa shape index (κ1) is 16.5. The summed E-state index contributed by atoms with van der Waals surface area (Å²) >= 11 is 0. The molecule has 0 saturated heterocycles. The highest BCUT2D eigenvalue weighted by Crippen LogP contribution is 2.25. The summed E-state index contributed by atoms with van der Waals surface area (Å²) in [5.41, 5.74) is 0.980. The van der Waals surface area contributed by atoms with Crippen LogP contribution in [0.25, 0.3) is 0 Å². The molecule has 23 heavy (non-hydrogen) atoms. The number of carbonyl (C=O) groups is 1. The Bertz CT molecular complexity index is 669. The Kier molecular flexibility index (Phi) is 5.68. The van der Waals surface area contributed by atoms with Crippen LogP contribution >= 0.6 is 0 Å². The minimum Gasteiger partial charge on any atom is -0.489 e. The van der Waals surface area contributed by atoms with Gasteiger partial charge in [-0.3, -0.25) is 4.79 Å². The summed E-state index contributed by atoms with van der Waals surface area (Å²) in [4.78, 5) is 20.5. The molecule has 0 aliphatic heterocycles. The molecule has 0 aliphatic rings. The molecule has 1 aromatic carbocycles. The lowest BCUT2D eigenvalue weighted by Gasteiger charge is -2.14. The summed E-state index contributed by atoms with van der Waals surface area (Å²) in [7, 11) is 0. The van der Waals surface area contributed by atoms with Crippen molar-refractivity contribution >= 4 is 17.5 Å². The first-order valence-corrected chi connectivity index (χ1v) is 7.34. The molecule has 1 heterocycles. The second kappa shape index (κ2) is 7.93. The maximum Gasteiger partial charge on any atom is 0.258 e. The van der Waals surface area contributed by atoms with Crippen LogP contribution in [0.2, 0.25) is 0 Å². The summed E-state index contributed by atoms with van der Waals surface area (Å²) in [6, 6.07) is 7.29. The van der Waals surface area contributed by atoms with Gasteiger partial charge in [0.1, 0.15) is 5.75 Å². The van der Waals surface area contributed by atoms with Gasteiger partial charge < -0.3 is 15.4 Å². The molecule has 0 saturated carbocycles. The highest BCUT2D eigenvalue weighted by Gasteiger charge is 2.11. The Hall–Kier alpha value is -2.89. The smallest absolute Gasteiger partial charge is 0.258 e. The van der Waals surface area contributed by atoms with E-state index in [2.05, 4.69) is 27.2 Å². The lowest BCUT2D eigenvalue weighted by atomic mass is 10.2. The highest BCUT2D eigenvalue weighted by molar-refractivity contribution is 6.04. The summed E-state index contributed by atoms with van der Waals surface area (Å²) in [5, 5.41) is 5.76. The number of ether oxygens (including phenoxy) is 1. The van der Waals surface area contributed by atoms with E-state index in [0.717, 1.165) is 0 Å². The molecule has 6 heteroatoms. The third kappa shape index (κ3) is 4.81. The SMILES string of the molecule is C=CCNc1ncc(C(=O)Nc2ccccc2OC(C)C)cn1. The number of nitrogens with zero attached hydrogens (tertiary/aromatic N) is 2. The fourth-order valence-corrected chi connectivity index (χ4v) is 1.82. The van der Waals surface area contributed by atoms with E-state index in [-0.39, 0.29) is 12.0 Å². The number of aromatic nitrogens is 2. The van der Waals surface area contributed by atoms with Gasteiger partial charge in [-0.1, -0.05) is 18.2 Å². The van der Waals surface area contributed by atoms with E-state index in [9.17, 15) is 4.79 Å². The summed E-state index contributed by atoms with van der Waals surface area (Å²) in [6.45, 7) is 8.03. The Morgan fingerprint density at radius 2 is 2.00 bits per heavy atom. The number of carbonyl (C=O) groups excluding carboxylic acids is 1. The molecule has 0 fully saturated rings. The lowest BCUT2D eigenvalue weighted by molar-refractivity contribution is 0.102. The standard InChI is InChI=1S/C17H20N4O2/c1-4-9-18-17-19-10-13(11-20-17)16(22)21-14-7-5-6-8-15(14)23-12(2)3/h4-8,10-12H,1,9H2,2-3H3,(H,21,22)(H,18,19,20). The third-order valence-electron chi connectivity index (χ3n) is 2.82. The zero-order valence-corrected chi connectivity index (χ0v) is 13.2. The van der Waals surface area contributed by atoms with Crippen LogP contribution < -0.4 is 15.4 Å². The maximum atomic E-state index is 12.3. The molecule has 2 N–H and O–H groups in total. The largest absolute Gasteiger partial charge is 0.489 e. The van der Waals surface area contributed by atoms with Crippen molar-refractivity contribution in [3.8, 4) is 5.75 Å². The number of anilines is 2. The Balaban J connectivity index is 2.08. The molecule has 0 bridgehead atoms. The minimum absolute atomic E-state index is 0.0200. The number of para-hydroxylation sites is 2.